The fraction of sp³-hybridized carbons (Fsp3) is 0.500. The van der Waals surface area contributed by atoms with Crippen molar-refractivity contribution in [3.8, 4) is 0 Å². The number of fused-ring (bicyclic) bond motifs is 2. The Bertz CT molecular complexity index is 565. The molecule has 20 heavy (non-hydrogen) atoms. The fourth-order valence-corrected chi connectivity index (χ4v) is 4.77. The summed E-state index contributed by atoms with van der Waals surface area (Å²) < 4.78 is 49.6. The van der Waals surface area contributed by atoms with Gasteiger partial charge < -0.3 is 0 Å². The minimum absolute atomic E-state index is 0.0431. The minimum atomic E-state index is -4.36. The summed E-state index contributed by atoms with van der Waals surface area (Å²) in [5, 5.41) is 0.180. The van der Waals surface area contributed by atoms with Gasteiger partial charge >= 0.3 is 6.18 Å². The molecule has 3 heterocycles. The molecule has 1 saturated heterocycles. The molecule has 0 amide bonds. The first-order chi connectivity index (χ1) is 9.45. The highest BCUT2D eigenvalue weighted by Crippen LogP contribution is 2.37. The zero-order chi connectivity index (χ0) is 14.3. The molecule has 0 aliphatic carbocycles. The summed E-state index contributed by atoms with van der Waals surface area (Å²) in [6.45, 7) is 0. The molecule has 6 heteroatoms. The van der Waals surface area contributed by atoms with E-state index in [1.807, 2.05) is 6.08 Å². The Balaban J connectivity index is 1.88. The highest BCUT2D eigenvalue weighted by molar-refractivity contribution is 7.86. The standard InChI is InChI=1S/C14H14F3NOS/c15-14(16,17)10-4-5-13(18-8-10)9-6-11-2-1-3-12(7-9)20(11)19/h4-6,8,11-12H,1-3,7H2. The van der Waals surface area contributed by atoms with E-state index in [9.17, 15) is 17.4 Å². The number of hydrogen-bond acceptors (Lipinski definition) is 2. The Morgan fingerprint density at radius 1 is 1.25 bits per heavy atom. The quantitative estimate of drug-likeness (QED) is 0.794. The van der Waals surface area contributed by atoms with Gasteiger partial charge in [-0.3, -0.25) is 9.19 Å². The lowest BCUT2D eigenvalue weighted by Gasteiger charge is -2.32. The van der Waals surface area contributed by atoms with Crippen LogP contribution in [0.5, 0.6) is 0 Å². The molecule has 2 aliphatic heterocycles. The Kier molecular flexibility index (Phi) is 3.44. The Morgan fingerprint density at radius 3 is 2.65 bits per heavy atom. The van der Waals surface area contributed by atoms with Crippen LogP contribution in [0, 0.1) is 0 Å². The fourth-order valence-electron chi connectivity index (χ4n) is 2.84. The maximum absolute atomic E-state index is 12.5. The summed E-state index contributed by atoms with van der Waals surface area (Å²) in [6, 6.07) is 2.48. The van der Waals surface area contributed by atoms with Gasteiger partial charge in [0.05, 0.1) is 16.5 Å². The first kappa shape index (κ1) is 13.8. The Hall–Kier alpha value is -1.17. The van der Waals surface area contributed by atoms with E-state index in [2.05, 4.69) is 4.98 Å². The highest BCUT2D eigenvalue weighted by atomic mass is 32.2. The summed E-state index contributed by atoms with van der Waals surface area (Å²) in [4.78, 5) is 3.93. The van der Waals surface area contributed by atoms with E-state index in [0.29, 0.717) is 12.1 Å². The first-order valence-electron chi connectivity index (χ1n) is 6.59. The molecular formula is C14H14F3NOS. The second-order valence-corrected chi connectivity index (χ2v) is 7.18. The second kappa shape index (κ2) is 4.98. The third-order valence-corrected chi connectivity index (χ3v) is 5.92. The Morgan fingerprint density at radius 2 is 2.05 bits per heavy atom. The van der Waals surface area contributed by atoms with Crippen molar-refractivity contribution in [1.82, 2.24) is 4.98 Å². The number of pyridine rings is 1. The first-order valence-corrected chi connectivity index (χ1v) is 7.86. The van der Waals surface area contributed by atoms with E-state index in [-0.39, 0.29) is 10.5 Å². The average Bonchev–Trinajstić information content (AvgIpc) is 2.37. The predicted molar refractivity (Wildman–Crippen MR) is 71.4 cm³/mol. The SMILES string of the molecule is O=S1C2C=C(c3ccc(C(F)(F)F)cn3)CC1CCC2. The smallest absolute Gasteiger partial charge is 0.259 e. The second-order valence-electron chi connectivity index (χ2n) is 5.25. The molecule has 2 bridgehead atoms. The largest absolute Gasteiger partial charge is 0.417 e. The summed E-state index contributed by atoms with van der Waals surface area (Å²) in [6.07, 6.45) is 2.02. The lowest BCUT2D eigenvalue weighted by molar-refractivity contribution is -0.137. The monoisotopic (exact) mass is 301 g/mol. The molecule has 1 fully saturated rings. The molecule has 3 unspecified atom stereocenters. The Labute approximate surface area is 117 Å². The van der Waals surface area contributed by atoms with Crippen molar-refractivity contribution in [2.45, 2.75) is 42.4 Å². The van der Waals surface area contributed by atoms with Crippen LogP contribution in [0.25, 0.3) is 5.57 Å². The van der Waals surface area contributed by atoms with Gasteiger partial charge in [0.2, 0.25) is 0 Å². The average molecular weight is 301 g/mol. The highest BCUT2D eigenvalue weighted by Gasteiger charge is 2.34. The molecule has 1 aromatic rings. The molecule has 0 aromatic carbocycles. The number of hydrogen-bond donors (Lipinski definition) is 0. The molecule has 0 radical (unpaired) electrons. The topological polar surface area (TPSA) is 30.0 Å². The van der Waals surface area contributed by atoms with Gasteiger partial charge in [-0.05, 0) is 37.0 Å². The van der Waals surface area contributed by atoms with Gasteiger partial charge in [-0.2, -0.15) is 13.2 Å². The van der Waals surface area contributed by atoms with Crippen LogP contribution in [0.15, 0.2) is 24.4 Å². The van der Waals surface area contributed by atoms with Crippen molar-refractivity contribution in [2.75, 3.05) is 0 Å². The minimum Gasteiger partial charge on any atom is -0.259 e. The molecule has 108 valence electrons. The van der Waals surface area contributed by atoms with E-state index >= 15 is 0 Å². The van der Waals surface area contributed by atoms with Crippen LogP contribution in [-0.4, -0.2) is 19.7 Å². The molecule has 0 spiro atoms. The van der Waals surface area contributed by atoms with E-state index in [1.54, 1.807) is 0 Å². The van der Waals surface area contributed by atoms with Crippen LogP contribution in [0.2, 0.25) is 0 Å². The van der Waals surface area contributed by atoms with Gasteiger partial charge in [0.1, 0.15) is 0 Å². The van der Waals surface area contributed by atoms with Gasteiger partial charge in [0.15, 0.2) is 0 Å². The van der Waals surface area contributed by atoms with Crippen LogP contribution >= 0.6 is 0 Å². The molecule has 1 aromatic heterocycles. The number of aromatic nitrogens is 1. The lowest BCUT2D eigenvalue weighted by atomic mass is 9.96. The maximum atomic E-state index is 12.5. The zero-order valence-electron chi connectivity index (χ0n) is 10.7. The third kappa shape index (κ3) is 2.53. The summed E-state index contributed by atoms with van der Waals surface area (Å²) in [5.41, 5.74) is 0.779. The van der Waals surface area contributed by atoms with E-state index in [1.165, 1.54) is 6.07 Å². The van der Waals surface area contributed by atoms with Crippen LogP contribution in [0.1, 0.15) is 36.9 Å². The van der Waals surface area contributed by atoms with E-state index in [4.69, 9.17) is 0 Å². The lowest BCUT2D eigenvalue weighted by Crippen LogP contribution is -2.33. The molecule has 2 nitrogen and oxygen atoms in total. The summed E-state index contributed by atoms with van der Waals surface area (Å²) >= 11 is 0. The number of alkyl halides is 3. The number of rotatable bonds is 1. The summed E-state index contributed by atoms with van der Waals surface area (Å²) in [5.74, 6) is 0. The number of allylic oxidation sites excluding steroid dienone is 1. The van der Waals surface area contributed by atoms with Gasteiger partial charge in [-0.15, -0.1) is 0 Å². The zero-order valence-corrected chi connectivity index (χ0v) is 11.5. The van der Waals surface area contributed by atoms with Crippen LogP contribution in [-0.2, 0) is 17.0 Å². The van der Waals surface area contributed by atoms with E-state index < -0.39 is 22.5 Å². The van der Waals surface area contributed by atoms with Crippen molar-refractivity contribution < 1.29 is 17.4 Å². The molecular weight excluding hydrogens is 287 g/mol. The number of nitrogens with zero attached hydrogens (tertiary/aromatic N) is 1. The van der Waals surface area contributed by atoms with Crippen LogP contribution in [0.4, 0.5) is 13.2 Å². The van der Waals surface area contributed by atoms with Crippen molar-refractivity contribution in [1.29, 1.82) is 0 Å². The van der Waals surface area contributed by atoms with Gasteiger partial charge in [0, 0.05) is 22.2 Å². The van der Waals surface area contributed by atoms with Crippen LogP contribution < -0.4 is 0 Å². The van der Waals surface area contributed by atoms with Crippen molar-refractivity contribution >= 4 is 16.4 Å². The van der Waals surface area contributed by atoms with Gasteiger partial charge in [0.25, 0.3) is 0 Å². The molecule has 0 N–H and O–H groups in total. The van der Waals surface area contributed by atoms with Crippen molar-refractivity contribution in [3.63, 3.8) is 0 Å². The van der Waals surface area contributed by atoms with Crippen molar-refractivity contribution in [3.05, 3.63) is 35.7 Å². The molecule has 3 atom stereocenters. The molecule has 0 saturated carbocycles. The van der Waals surface area contributed by atoms with Gasteiger partial charge in [-0.1, -0.05) is 12.5 Å². The van der Waals surface area contributed by atoms with E-state index in [0.717, 1.165) is 37.1 Å². The molecule has 3 rings (SSSR count). The normalized spacial score (nSPS) is 29.9. The van der Waals surface area contributed by atoms with Gasteiger partial charge in [-0.25, -0.2) is 0 Å². The van der Waals surface area contributed by atoms with Crippen molar-refractivity contribution in [2.24, 2.45) is 0 Å². The van der Waals surface area contributed by atoms with Crippen LogP contribution in [0.3, 0.4) is 0 Å². The maximum Gasteiger partial charge on any atom is 0.417 e. The molecule has 2 aliphatic rings. The predicted octanol–water partition coefficient (Wildman–Crippen LogP) is 3.56. The third-order valence-electron chi connectivity index (χ3n) is 3.90. The number of halogens is 3. The summed E-state index contributed by atoms with van der Waals surface area (Å²) in [7, 11) is -0.833.